The summed E-state index contributed by atoms with van der Waals surface area (Å²) < 4.78 is 28.7. The first kappa shape index (κ1) is 12.8. The van der Waals surface area contributed by atoms with Crippen LogP contribution in [0, 0.1) is 0 Å². The Bertz CT molecular complexity index is 310. The summed E-state index contributed by atoms with van der Waals surface area (Å²) in [6.07, 6.45) is -0.168. The van der Waals surface area contributed by atoms with Gasteiger partial charge in [0.05, 0.1) is 5.75 Å². The van der Waals surface area contributed by atoms with Gasteiger partial charge < -0.3 is 11.1 Å². The molecule has 82 valence electrons. The maximum absolute atomic E-state index is 10.8. The zero-order chi connectivity index (χ0) is 11.2. The standard InChI is InChI=1S/C6H12N2O5S/c7-5(9)1-2-6(10)8-3-4-14(11,12)13/h1-4H2,(H2,7,9)(H,8,10)(H,11,12,13). The van der Waals surface area contributed by atoms with Gasteiger partial charge in [0.1, 0.15) is 0 Å². The molecule has 0 heterocycles. The molecule has 0 saturated carbocycles. The van der Waals surface area contributed by atoms with Crippen molar-refractivity contribution in [3.05, 3.63) is 0 Å². The van der Waals surface area contributed by atoms with Crippen LogP contribution in [-0.4, -0.2) is 37.1 Å². The van der Waals surface area contributed by atoms with Crippen LogP contribution in [0.2, 0.25) is 0 Å². The third kappa shape index (κ3) is 8.94. The minimum Gasteiger partial charge on any atom is -0.370 e. The zero-order valence-corrected chi connectivity index (χ0v) is 8.21. The summed E-state index contributed by atoms with van der Waals surface area (Å²) >= 11 is 0. The van der Waals surface area contributed by atoms with E-state index in [0.717, 1.165) is 0 Å². The molecule has 0 radical (unpaired) electrons. The Morgan fingerprint density at radius 1 is 1.29 bits per heavy atom. The van der Waals surface area contributed by atoms with Crippen molar-refractivity contribution in [2.75, 3.05) is 12.3 Å². The maximum Gasteiger partial charge on any atom is 0.266 e. The van der Waals surface area contributed by atoms with Crippen molar-refractivity contribution in [2.45, 2.75) is 12.8 Å². The third-order valence-corrected chi connectivity index (χ3v) is 2.00. The molecule has 0 aromatic carbocycles. The van der Waals surface area contributed by atoms with E-state index in [2.05, 4.69) is 5.32 Å². The zero-order valence-electron chi connectivity index (χ0n) is 7.39. The summed E-state index contributed by atoms with van der Waals surface area (Å²) in [5.74, 6) is -1.63. The van der Waals surface area contributed by atoms with Crippen LogP contribution >= 0.6 is 0 Å². The molecule has 8 heteroatoms. The average Bonchev–Trinajstić information content (AvgIpc) is 1.98. The lowest BCUT2D eigenvalue weighted by Crippen LogP contribution is -2.29. The molecule has 0 fully saturated rings. The molecule has 0 aliphatic carbocycles. The molecule has 4 N–H and O–H groups in total. The normalized spacial score (nSPS) is 10.9. The van der Waals surface area contributed by atoms with Crippen molar-refractivity contribution in [2.24, 2.45) is 5.73 Å². The fraction of sp³-hybridized carbons (Fsp3) is 0.667. The van der Waals surface area contributed by atoms with Crippen LogP contribution in [0.5, 0.6) is 0 Å². The van der Waals surface area contributed by atoms with Gasteiger partial charge >= 0.3 is 0 Å². The van der Waals surface area contributed by atoms with Gasteiger partial charge in [-0.05, 0) is 0 Å². The highest BCUT2D eigenvalue weighted by Gasteiger charge is 2.07. The van der Waals surface area contributed by atoms with E-state index in [9.17, 15) is 18.0 Å². The van der Waals surface area contributed by atoms with E-state index in [1.807, 2.05) is 0 Å². The second kappa shape index (κ2) is 5.55. The van der Waals surface area contributed by atoms with Crippen molar-refractivity contribution >= 4 is 21.9 Å². The highest BCUT2D eigenvalue weighted by atomic mass is 32.2. The first-order valence-corrected chi connectivity index (χ1v) is 5.42. The second-order valence-electron chi connectivity index (χ2n) is 2.60. The number of nitrogens with one attached hydrogen (secondary N) is 1. The van der Waals surface area contributed by atoms with Crippen LogP contribution in [0.15, 0.2) is 0 Å². The molecule has 0 atom stereocenters. The molecule has 0 rings (SSSR count). The smallest absolute Gasteiger partial charge is 0.266 e. The number of primary amides is 1. The summed E-state index contributed by atoms with van der Waals surface area (Å²) in [5, 5.41) is 2.21. The third-order valence-electron chi connectivity index (χ3n) is 1.28. The van der Waals surface area contributed by atoms with Crippen LogP contribution in [-0.2, 0) is 19.7 Å². The average molecular weight is 224 g/mol. The summed E-state index contributed by atoms with van der Waals surface area (Å²) in [6, 6.07) is 0. The van der Waals surface area contributed by atoms with Crippen molar-refractivity contribution in [3.8, 4) is 0 Å². The molecule has 0 bridgehead atoms. The molecule has 0 aliphatic rings. The summed E-state index contributed by atoms with van der Waals surface area (Å²) in [5.41, 5.74) is 4.78. The van der Waals surface area contributed by atoms with E-state index in [0.29, 0.717) is 0 Å². The predicted molar refractivity (Wildman–Crippen MR) is 47.9 cm³/mol. The van der Waals surface area contributed by atoms with E-state index >= 15 is 0 Å². The fourth-order valence-corrected chi connectivity index (χ4v) is 1.00. The van der Waals surface area contributed by atoms with Crippen LogP contribution in [0.25, 0.3) is 0 Å². The van der Waals surface area contributed by atoms with Crippen molar-refractivity contribution in [1.29, 1.82) is 0 Å². The Labute approximate surface area is 81.4 Å². The quantitative estimate of drug-likeness (QED) is 0.461. The minimum absolute atomic E-state index is 0.0825. The molecule has 0 aromatic heterocycles. The first-order valence-electron chi connectivity index (χ1n) is 3.81. The Hall–Kier alpha value is -1.15. The predicted octanol–water partition coefficient (Wildman–Crippen LogP) is -1.74. The molecule has 0 aromatic rings. The van der Waals surface area contributed by atoms with E-state index < -0.39 is 27.7 Å². The van der Waals surface area contributed by atoms with Gasteiger partial charge in [0.2, 0.25) is 11.8 Å². The molecule has 0 unspecified atom stereocenters. The second-order valence-corrected chi connectivity index (χ2v) is 4.17. The van der Waals surface area contributed by atoms with Crippen molar-refractivity contribution < 1.29 is 22.6 Å². The summed E-state index contributed by atoms with van der Waals surface area (Å²) in [4.78, 5) is 21.1. The number of rotatable bonds is 6. The SMILES string of the molecule is NC(=O)CCC(=O)NCCS(=O)(=O)O. The van der Waals surface area contributed by atoms with Crippen LogP contribution < -0.4 is 11.1 Å². The van der Waals surface area contributed by atoms with Crippen LogP contribution in [0.4, 0.5) is 0 Å². The molecular weight excluding hydrogens is 212 g/mol. The van der Waals surface area contributed by atoms with Crippen LogP contribution in [0.1, 0.15) is 12.8 Å². The molecule has 0 spiro atoms. The van der Waals surface area contributed by atoms with Gasteiger partial charge in [-0.3, -0.25) is 14.1 Å². The van der Waals surface area contributed by atoms with Crippen LogP contribution in [0.3, 0.4) is 0 Å². The number of nitrogens with two attached hydrogens (primary N) is 1. The number of hydrogen-bond donors (Lipinski definition) is 3. The lowest BCUT2D eigenvalue weighted by molar-refractivity contribution is -0.124. The molecule has 2 amide bonds. The Morgan fingerprint density at radius 2 is 1.86 bits per heavy atom. The number of amides is 2. The van der Waals surface area contributed by atoms with Gasteiger partial charge in [-0.2, -0.15) is 8.42 Å². The highest BCUT2D eigenvalue weighted by molar-refractivity contribution is 7.85. The Morgan fingerprint density at radius 3 is 2.29 bits per heavy atom. The number of carbonyl (C=O) groups excluding carboxylic acids is 2. The summed E-state index contributed by atoms with van der Waals surface area (Å²) in [7, 11) is -4.06. The molecule has 7 nitrogen and oxygen atoms in total. The molecule has 14 heavy (non-hydrogen) atoms. The van der Waals surface area contributed by atoms with E-state index in [1.54, 1.807) is 0 Å². The van der Waals surface area contributed by atoms with Gasteiger partial charge in [-0.1, -0.05) is 0 Å². The van der Waals surface area contributed by atoms with Gasteiger partial charge in [0.25, 0.3) is 10.1 Å². The fourth-order valence-electron chi connectivity index (χ4n) is 0.645. The van der Waals surface area contributed by atoms with Gasteiger partial charge in [0, 0.05) is 19.4 Å². The maximum atomic E-state index is 10.8. The van der Waals surface area contributed by atoms with Gasteiger partial charge in [-0.15, -0.1) is 0 Å². The largest absolute Gasteiger partial charge is 0.370 e. The van der Waals surface area contributed by atoms with Crippen molar-refractivity contribution in [1.82, 2.24) is 5.32 Å². The number of hydrogen-bond acceptors (Lipinski definition) is 4. The highest BCUT2D eigenvalue weighted by Crippen LogP contribution is 1.87. The summed E-state index contributed by atoms with van der Waals surface area (Å²) in [6.45, 7) is -0.184. The van der Waals surface area contributed by atoms with Crippen molar-refractivity contribution in [3.63, 3.8) is 0 Å². The topological polar surface area (TPSA) is 127 Å². The van der Waals surface area contributed by atoms with E-state index in [-0.39, 0.29) is 19.4 Å². The minimum atomic E-state index is -4.06. The lowest BCUT2D eigenvalue weighted by Gasteiger charge is -2.01. The lowest BCUT2D eigenvalue weighted by atomic mass is 10.3. The molecule has 0 saturated heterocycles. The van der Waals surface area contributed by atoms with Gasteiger partial charge in [0.15, 0.2) is 0 Å². The molecule has 0 aliphatic heterocycles. The number of carbonyl (C=O) groups is 2. The first-order chi connectivity index (χ1) is 6.31. The molecular formula is C6H12N2O5S. The Kier molecular flexibility index (Phi) is 5.10. The van der Waals surface area contributed by atoms with E-state index in [1.165, 1.54) is 0 Å². The Balaban J connectivity index is 3.60. The van der Waals surface area contributed by atoms with E-state index in [4.69, 9.17) is 10.3 Å². The monoisotopic (exact) mass is 224 g/mol. The van der Waals surface area contributed by atoms with Gasteiger partial charge in [-0.25, -0.2) is 0 Å².